The summed E-state index contributed by atoms with van der Waals surface area (Å²) >= 11 is 0. The molecular weight excluding hydrogens is 384 g/mol. The number of Topliss-reactive ketones (excluding diaryl/α,β-unsaturated/α-hetero) is 1. The van der Waals surface area contributed by atoms with Crippen LogP contribution in [0.15, 0.2) is 42.5 Å². The van der Waals surface area contributed by atoms with E-state index in [0.29, 0.717) is 17.7 Å². The van der Waals surface area contributed by atoms with Crippen LogP contribution in [-0.4, -0.2) is 30.2 Å². The Kier molecular flexibility index (Phi) is 8.29. The Morgan fingerprint density at radius 3 is 2.23 bits per heavy atom. The highest BCUT2D eigenvalue weighted by Gasteiger charge is 2.11. The lowest BCUT2D eigenvalue weighted by atomic mass is 10.1. The predicted octanol–water partition coefficient (Wildman–Crippen LogP) is 3.80. The molecule has 7 heteroatoms. The summed E-state index contributed by atoms with van der Waals surface area (Å²) in [5.74, 6) is -1.27. The molecular formula is C23H26N2O5. The van der Waals surface area contributed by atoms with E-state index in [1.54, 1.807) is 24.3 Å². The number of hydrogen-bond acceptors (Lipinski definition) is 5. The second kappa shape index (κ2) is 10.9. The molecule has 0 aliphatic heterocycles. The molecule has 2 rings (SSSR count). The van der Waals surface area contributed by atoms with Crippen LogP contribution in [0.1, 0.15) is 47.7 Å². The number of nitrogens with one attached hydrogen (secondary N) is 2. The van der Waals surface area contributed by atoms with Crippen LogP contribution < -0.4 is 10.6 Å². The molecule has 0 bridgehead atoms. The number of rotatable bonds is 9. The summed E-state index contributed by atoms with van der Waals surface area (Å²) in [7, 11) is 0. The Morgan fingerprint density at radius 2 is 1.57 bits per heavy atom. The van der Waals surface area contributed by atoms with Crippen LogP contribution in [0, 0.1) is 13.8 Å². The zero-order valence-electron chi connectivity index (χ0n) is 17.4. The normalized spacial score (nSPS) is 10.2. The van der Waals surface area contributed by atoms with E-state index in [-0.39, 0.29) is 24.5 Å². The Bertz CT molecular complexity index is 935. The van der Waals surface area contributed by atoms with E-state index >= 15 is 0 Å². The SMILES string of the molecule is CC(=O)c1ccc(NC(=O)COC(=O)CCCC(=O)Nc2cc(C)ccc2C)cc1. The molecule has 0 aromatic heterocycles. The van der Waals surface area contributed by atoms with Crippen LogP contribution in [0.25, 0.3) is 0 Å². The fourth-order valence-electron chi connectivity index (χ4n) is 2.68. The average molecular weight is 410 g/mol. The van der Waals surface area contributed by atoms with Gasteiger partial charge in [0.1, 0.15) is 0 Å². The van der Waals surface area contributed by atoms with Crippen LogP contribution in [0.2, 0.25) is 0 Å². The fraction of sp³-hybridized carbons (Fsp3) is 0.304. The largest absolute Gasteiger partial charge is 0.456 e. The predicted molar refractivity (Wildman–Crippen MR) is 114 cm³/mol. The van der Waals surface area contributed by atoms with E-state index in [2.05, 4.69) is 10.6 Å². The molecule has 0 aliphatic carbocycles. The van der Waals surface area contributed by atoms with Gasteiger partial charge in [0.25, 0.3) is 5.91 Å². The first kappa shape index (κ1) is 22.8. The molecule has 0 radical (unpaired) electrons. The Balaban J connectivity index is 1.66. The van der Waals surface area contributed by atoms with Crippen molar-refractivity contribution >= 4 is 34.9 Å². The number of benzene rings is 2. The van der Waals surface area contributed by atoms with Gasteiger partial charge in [-0.1, -0.05) is 12.1 Å². The first-order valence-corrected chi connectivity index (χ1v) is 9.68. The summed E-state index contributed by atoms with van der Waals surface area (Å²) in [5.41, 5.74) is 3.82. The molecule has 0 heterocycles. The van der Waals surface area contributed by atoms with Crippen LogP contribution in [0.5, 0.6) is 0 Å². The highest BCUT2D eigenvalue weighted by atomic mass is 16.5. The van der Waals surface area contributed by atoms with Crippen LogP contribution in [0.4, 0.5) is 11.4 Å². The Morgan fingerprint density at radius 1 is 0.867 bits per heavy atom. The van der Waals surface area contributed by atoms with Crippen LogP contribution in [-0.2, 0) is 19.1 Å². The third-order valence-corrected chi connectivity index (χ3v) is 4.39. The lowest BCUT2D eigenvalue weighted by Crippen LogP contribution is -2.21. The van der Waals surface area contributed by atoms with Gasteiger partial charge >= 0.3 is 5.97 Å². The first-order chi connectivity index (χ1) is 14.2. The first-order valence-electron chi connectivity index (χ1n) is 9.68. The standard InChI is InChI=1S/C23H26N2O5/c1-15-7-8-16(2)20(13-15)25-21(27)5-4-6-23(29)30-14-22(28)24-19-11-9-18(10-12-19)17(3)26/h7-13H,4-6,14H2,1-3H3,(H,24,28)(H,25,27). The van der Waals surface area contributed by atoms with E-state index in [1.807, 2.05) is 32.0 Å². The van der Waals surface area contributed by atoms with E-state index in [4.69, 9.17) is 4.74 Å². The number of amides is 2. The second-order valence-electron chi connectivity index (χ2n) is 7.06. The van der Waals surface area contributed by atoms with Gasteiger partial charge in [0.2, 0.25) is 5.91 Å². The summed E-state index contributed by atoms with van der Waals surface area (Å²) < 4.78 is 4.94. The van der Waals surface area contributed by atoms with Gasteiger partial charge in [-0.2, -0.15) is 0 Å². The van der Waals surface area contributed by atoms with Crippen molar-refractivity contribution in [2.45, 2.75) is 40.0 Å². The molecule has 0 atom stereocenters. The van der Waals surface area contributed by atoms with E-state index < -0.39 is 18.5 Å². The molecule has 0 fully saturated rings. The number of carbonyl (C=O) groups excluding carboxylic acids is 4. The molecule has 7 nitrogen and oxygen atoms in total. The molecule has 0 spiro atoms. The molecule has 2 N–H and O–H groups in total. The minimum absolute atomic E-state index is 0.0425. The zero-order valence-corrected chi connectivity index (χ0v) is 17.4. The van der Waals surface area contributed by atoms with Gasteiger partial charge in [0.05, 0.1) is 0 Å². The van der Waals surface area contributed by atoms with Crippen molar-refractivity contribution in [1.82, 2.24) is 0 Å². The summed E-state index contributed by atoms with van der Waals surface area (Å²) in [6.07, 6.45) is 0.543. The van der Waals surface area contributed by atoms with Gasteiger partial charge in [-0.05, 0) is 68.7 Å². The quantitative estimate of drug-likeness (QED) is 0.484. The van der Waals surface area contributed by atoms with Crippen molar-refractivity contribution in [3.05, 3.63) is 59.2 Å². The third-order valence-electron chi connectivity index (χ3n) is 4.39. The van der Waals surface area contributed by atoms with Gasteiger partial charge < -0.3 is 15.4 Å². The smallest absolute Gasteiger partial charge is 0.306 e. The van der Waals surface area contributed by atoms with Gasteiger partial charge in [-0.3, -0.25) is 19.2 Å². The number of carbonyl (C=O) groups is 4. The molecule has 0 saturated carbocycles. The Labute approximate surface area is 175 Å². The molecule has 158 valence electrons. The van der Waals surface area contributed by atoms with Gasteiger partial charge in [-0.15, -0.1) is 0 Å². The van der Waals surface area contributed by atoms with Gasteiger partial charge in [-0.25, -0.2) is 0 Å². The maximum absolute atomic E-state index is 12.0. The van der Waals surface area contributed by atoms with E-state index in [0.717, 1.165) is 16.8 Å². The van der Waals surface area contributed by atoms with Crippen LogP contribution in [0.3, 0.4) is 0 Å². The summed E-state index contributed by atoms with van der Waals surface area (Å²) in [4.78, 5) is 46.9. The van der Waals surface area contributed by atoms with Crippen molar-refractivity contribution in [2.24, 2.45) is 0 Å². The van der Waals surface area contributed by atoms with E-state index in [9.17, 15) is 19.2 Å². The maximum atomic E-state index is 12.0. The van der Waals surface area contributed by atoms with Crippen molar-refractivity contribution in [3.63, 3.8) is 0 Å². The molecule has 2 aromatic carbocycles. The zero-order chi connectivity index (χ0) is 22.1. The molecule has 0 aliphatic rings. The number of hydrogen-bond donors (Lipinski definition) is 2. The molecule has 30 heavy (non-hydrogen) atoms. The second-order valence-corrected chi connectivity index (χ2v) is 7.06. The van der Waals surface area contributed by atoms with E-state index in [1.165, 1.54) is 6.92 Å². The summed E-state index contributed by atoms with van der Waals surface area (Å²) in [5, 5.41) is 5.42. The van der Waals surface area contributed by atoms with Gasteiger partial charge in [0, 0.05) is 29.8 Å². The minimum atomic E-state index is -0.545. The molecule has 2 amide bonds. The lowest BCUT2D eigenvalue weighted by Gasteiger charge is -2.09. The average Bonchev–Trinajstić information content (AvgIpc) is 2.69. The molecule has 0 saturated heterocycles. The summed E-state index contributed by atoms with van der Waals surface area (Å²) in [6, 6.07) is 12.2. The number of ether oxygens (including phenoxy) is 1. The molecule has 2 aromatic rings. The monoisotopic (exact) mass is 410 g/mol. The number of anilines is 2. The van der Waals surface area contributed by atoms with Crippen LogP contribution >= 0.6 is 0 Å². The molecule has 0 unspecified atom stereocenters. The van der Waals surface area contributed by atoms with Gasteiger partial charge in [0.15, 0.2) is 12.4 Å². The van der Waals surface area contributed by atoms with Crippen molar-refractivity contribution < 1.29 is 23.9 Å². The number of aryl methyl sites for hydroxylation is 2. The lowest BCUT2D eigenvalue weighted by molar-refractivity contribution is -0.147. The topological polar surface area (TPSA) is 102 Å². The summed E-state index contributed by atoms with van der Waals surface area (Å²) in [6.45, 7) is 4.90. The maximum Gasteiger partial charge on any atom is 0.306 e. The van der Waals surface area contributed by atoms with Crippen molar-refractivity contribution in [1.29, 1.82) is 0 Å². The Hall–Kier alpha value is -3.48. The number of ketones is 1. The highest BCUT2D eigenvalue weighted by Crippen LogP contribution is 2.17. The minimum Gasteiger partial charge on any atom is -0.456 e. The van der Waals surface area contributed by atoms with Crippen molar-refractivity contribution in [2.75, 3.05) is 17.2 Å². The fourth-order valence-corrected chi connectivity index (χ4v) is 2.68. The highest BCUT2D eigenvalue weighted by molar-refractivity contribution is 5.96. The number of esters is 1. The third kappa shape index (κ3) is 7.50. The van der Waals surface area contributed by atoms with Crippen molar-refractivity contribution in [3.8, 4) is 0 Å².